The first-order valence-electron chi connectivity index (χ1n) is 8.08. The molecule has 0 spiro atoms. The minimum absolute atomic E-state index is 0.523. The maximum absolute atomic E-state index is 5.35. The molecule has 0 aliphatic rings. The number of rotatable bonds is 5. The molecule has 0 radical (unpaired) electrons. The normalized spacial score (nSPS) is 11.2. The van der Waals surface area contributed by atoms with Crippen molar-refractivity contribution >= 4 is 11.8 Å². The van der Waals surface area contributed by atoms with Crippen molar-refractivity contribution in [3.63, 3.8) is 0 Å². The molecule has 3 heterocycles. The van der Waals surface area contributed by atoms with Crippen LogP contribution in [0.4, 0.5) is 0 Å². The first-order valence-corrected chi connectivity index (χ1v) is 9.06. The quantitative estimate of drug-likeness (QED) is 0.492. The molecule has 26 heavy (non-hydrogen) atoms. The maximum atomic E-state index is 5.35. The van der Waals surface area contributed by atoms with Gasteiger partial charge in [0.2, 0.25) is 11.7 Å². The molecule has 0 unspecified atom stereocenters. The Morgan fingerprint density at radius 2 is 1.88 bits per heavy atom. The Hall–Kier alpha value is -2.87. The smallest absolute Gasteiger partial charge is 0.237 e. The van der Waals surface area contributed by atoms with Gasteiger partial charge in [0, 0.05) is 12.6 Å². The summed E-state index contributed by atoms with van der Waals surface area (Å²) in [6, 6.07) is 9.91. The summed E-state index contributed by atoms with van der Waals surface area (Å²) in [7, 11) is 1.93. The number of aryl methyl sites for hydroxylation is 2. The zero-order valence-electron chi connectivity index (χ0n) is 14.6. The molecule has 1 aromatic carbocycles. The van der Waals surface area contributed by atoms with Gasteiger partial charge in [-0.05, 0) is 19.9 Å². The number of aromatic nitrogens is 5. The second-order valence-corrected chi connectivity index (χ2v) is 6.86. The van der Waals surface area contributed by atoms with Crippen LogP contribution in [0.1, 0.15) is 17.2 Å². The monoisotopic (exact) mass is 367 g/mol. The predicted octanol–water partition coefficient (Wildman–Crippen LogP) is 4.03. The SMILES string of the molecule is Cc1ccc(-c2noc(CSc3nnc(-c4ccoc4C)n3C)n2)cc1. The fraction of sp³-hybridized carbons (Fsp3) is 0.222. The summed E-state index contributed by atoms with van der Waals surface area (Å²) < 4.78 is 12.6. The van der Waals surface area contributed by atoms with E-state index < -0.39 is 0 Å². The molecule has 7 nitrogen and oxygen atoms in total. The van der Waals surface area contributed by atoms with Crippen molar-refractivity contribution in [2.45, 2.75) is 24.8 Å². The highest BCUT2D eigenvalue weighted by atomic mass is 32.2. The topological polar surface area (TPSA) is 82.8 Å². The second-order valence-electron chi connectivity index (χ2n) is 5.92. The van der Waals surface area contributed by atoms with Gasteiger partial charge in [-0.2, -0.15) is 4.98 Å². The number of hydrogen-bond acceptors (Lipinski definition) is 7. The predicted molar refractivity (Wildman–Crippen MR) is 97.5 cm³/mol. The van der Waals surface area contributed by atoms with E-state index in [1.165, 1.54) is 17.3 Å². The van der Waals surface area contributed by atoms with Crippen LogP contribution in [0.5, 0.6) is 0 Å². The zero-order valence-corrected chi connectivity index (χ0v) is 15.4. The average molecular weight is 367 g/mol. The Morgan fingerprint density at radius 3 is 2.62 bits per heavy atom. The fourth-order valence-corrected chi connectivity index (χ4v) is 3.30. The lowest BCUT2D eigenvalue weighted by atomic mass is 10.1. The van der Waals surface area contributed by atoms with Gasteiger partial charge in [0.25, 0.3) is 0 Å². The van der Waals surface area contributed by atoms with E-state index >= 15 is 0 Å². The molecule has 0 N–H and O–H groups in total. The van der Waals surface area contributed by atoms with Crippen molar-refractivity contribution in [3.05, 3.63) is 53.8 Å². The van der Waals surface area contributed by atoms with Crippen molar-refractivity contribution in [1.82, 2.24) is 24.9 Å². The molecule has 0 aliphatic carbocycles. The Kier molecular flexibility index (Phi) is 4.34. The Morgan fingerprint density at radius 1 is 1.08 bits per heavy atom. The molecule has 0 amide bonds. The van der Waals surface area contributed by atoms with Gasteiger partial charge in [-0.15, -0.1) is 10.2 Å². The van der Waals surface area contributed by atoms with Crippen LogP contribution in [0.2, 0.25) is 0 Å². The summed E-state index contributed by atoms with van der Waals surface area (Å²) >= 11 is 1.50. The van der Waals surface area contributed by atoms with Gasteiger partial charge in [-0.3, -0.25) is 0 Å². The highest BCUT2D eigenvalue weighted by molar-refractivity contribution is 7.98. The zero-order chi connectivity index (χ0) is 18.1. The fourth-order valence-electron chi connectivity index (χ4n) is 2.55. The minimum Gasteiger partial charge on any atom is -0.469 e. The largest absolute Gasteiger partial charge is 0.469 e. The van der Waals surface area contributed by atoms with Crippen LogP contribution in [-0.4, -0.2) is 24.9 Å². The second kappa shape index (κ2) is 6.80. The molecular weight excluding hydrogens is 350 g/mol. The molecule has 0 aliphatic heterocycles. The van der Waals surface area contributed by atoms with Crippen molar-refractivity contribution in [2.24, 2.45) is 7.05 Å². The lowest BCUT2D eigenvalue weighted by Gasteiger charge is -2.01. The Bertz CT molecular complexity index is 1030. The summed E-state index contributed by atoms with van der Waals surface area (Å²) in [5.41, 5.74) is 3.07. The highest BCUT2D eigenvalue weighted by Gasteiger charge is 2.16. The summed E-state index contributed by atoms with van der Waals surface area (Å²) in [6.45, 7) is 3.95. The third-order valence-electron chi connectivity index (χ3n) is 4.04. The highest BCUT2D eigenvalue weighted by Crippen LogP contribution is 2.27. The van der Waals surface area contributed by atoms with Gasteiger partial charge >= 0.3 is 0 Å². The third-order valence-corrected chi connectivity index (χ3v) is 5.04. The molecule has 0 saturated heterocycles. The molecule has 0 atom stereocenters. The lowest BCUT2D eigenvalue weighted by Crippen LogP contribution is -1.95. The average Bonchev–Trinajstić information content (AvgIpc) is 3.35. The number of furan rings is 1. The van der Waals surface area contributed by atoms with E-state index in [0.717, 1.165) is 27.9 Å². The number of thioether (sulfide) groups is 1. The van der Waals surface area contributed by atoms with E-state index in [4.69, 9.17) is 8.94 Å². The standard InChI is InChI=1S/C18H17N5O2S/c1-11-4-6-13(7-5-11)16-19-15(25-22-16)10-26-18-21-20-17(23(18)3)14-8-9-24-12(14)2/h4-9H,10H2,1-3H3. The molecule has 132 valence electrons. The summed E-state index contributed by atoms with van der Waals surface area (Å²) in [6.07, 6.45) is 1.65. The van der Waals surface area contributed by atoms with Crippen LogP contribution in [0.15, 0.2) is 50.7 Å². The lowest BCUT2D eigenvalue weighted by molar-refractivity contribution is 0.391. The minimum atomic E-state index is 0.523. The molecule has 4 aromatic rings. The first-order chi connectivity index (χ1) is 12.6. The van der Waals surface area contributed by atoms with Crippen LogP contribution < -0.4 is 0 Å². The van der Waals surface area contributed by atoms with Gasteiger partial charge in [0.1, 0.15) is 5.76 Å². The van der Waals surface area contributed by atoms with Gasteiger partial charge in [-0.25, -0.2) is 0 Å². The van der Waals surface area contributed by atoms with Gasteiger partial charge in [0.15, 0.2) is 11.0 Å². The molecule has 4 rings (SSSR count). The van der Waals surface area contributed by atoms with E-state index in [1.54, 1.807) is 6.26 Å². The maximum Gasteiger partial charge on any atom is 0.237 e. The van der Waals surface area contributed by atoms with E-state index in [2.05, 4.69) is 20.3 Å². The van der Waals surface area contributed by atoms with E-state index in [9.17, 15) is 0 Å². The summed E-state index contributed by atoms with van der Waals surface area (Å²) in [5, 5.41) is 13.3. The number of hydrogen-bond donors (Lipinski definition) is 0. The number of nitrogens with zero attached hydrogens (tertiary/aromatic N) is 5. The molecule has 0 bridgehead atoms. The van der Waals surface area contributed by atoms with E-state index in [1.807, 2.05) is 55.8 Å². The van der Waals surface area contributed by atoms with Crippen molar-refractivity contribution < 1.29 is 8.94 Å². The summed E-state index contributed by atoms with van der Waals surface area (Å²) in [4.78, 5) is 4.45. The van der Waals surface area contributed by atoms with Gasteiger partial charge in [-0.1, -0.05) is 46.7 Å². The van der Waals surface area contributed by atoms with Crippen molar-refractivity contribution in [1.29, 1.82) is 0 Å². The van der Waals surface area contributed by atoms with Crippen LogP contribution in [0, 0.1) is 13.8 Å². The summed E-state index contributed by atoms with van der Waals surface area (Å²) in [5.74, 6) is 3.25. The molecule has 8 heteroatoms. The van der Waals surface area contributed by atoms with Crippen LogP contribution in [0.3, 0.4) is 0 Å². The first kappa shape index (κ1) is 16.6. The van der Waals surface area contributed by atoms with Crippen molar-refractivity contribution in [3.8, 4) is 22.8 Å². The molecular formula is C18H17N5O2S. The number of benzene rings is 1. The third kappa shape index (κ3) is 3.15. The van der Waals surface area contributed by atoms with E-state index in [-0.39, 0.29) is 0 Å². The Balaban J connectivity index is 1.48. The van der Waals surface area contributed by atoms with Gasteiger partial charge in [0.05, 0.1) is 17.6 Å². The van der Waals surface area contributed by atoms with Crippen molar-refractivity contribution in [2.75, 3.05) is 0 Å². The van der Waals surface area contributed by atoms with Crippen LogP contribution in [-0.2, 0) is 12.8 Å². The molecule has 3 aromatic heterocycles. The van der Waals surface area contributed by atoms with Gasteiger partial charge < -0.3 is 13.5 Å². The Labute approximate surface area is 154 Å². The van der Waals surface area contributed by atoms with E-state index in [0.29, 0.717) is 17.5 Å². The van der Waals surface area contributed by atoms with Crippen LogP contribution in [0.25, 0.3) is 22.8 Å². The molecule has 0 saturated carbocycles. The molecule has 0 fully saturated rings. The van der Waals surface area contributed by atoms with Crippen LogP contribution >= 0.6 is 11.8 Å².